The van der Waals surface area contributed by atoms with Gasteiger partial charge in [-0.05, 0) is 64.7 Å². The van der Waals surface area contributed by atoms with E-state index in [-0.39, 0.29) is 32.0 Å². The summed E-state index contributed by atoms with van der Waals surface area (Å²) >= 11 is 0. The molecule has 0 aliphatic carbocycles. The predicted octanol–water partition coefficient (Wildman–Crippen LogP) is 3.57. The summed E-state index contributed by atoms with van der Waals surface area (Å²) < 4.78 is 10.3. The molecule has 1 aromatic rings. The van der Waals surface area contributed by atoms with E-state index < -0.39 is 41.6 Å². The molecule has 0 fully saturated rings. The number of hydrogen-bond donors (Lipinski definition) is 2. The molecule has 0 bridgehead atoms. The monoisotopic (exact) mass is 515 g/mol. The normalized spacial score (nSPS) is 12.6. The Morgan fingerprint density at radius 1 is 1.08 bits per heavy atom. The van der Waals surface area contributed by atoms with E-state index in [1.807, 2.05) is 13.8 Å². The number of nitrogens with zero attached hydrogens (tertiary/aromatic N) is 1. The fraction of sp³-hybridized carbons (Fsp3) is 0.571. The summed E-state index contributed by atoms with van der Waals surface area (Å²) in [6.07, 6.45) is 5.11. The minimum absolute atomic E-state index is 0.00141. The number of esters is 1. The van der Waals surface area contributed by atoms with Crippen molar-refractivity contribution in [3.63, 3.8) is 0 Å². The van der Waals surface area contributed by atoms with Crippen molar-refractivity contribution in [2.75, 3.05) is 19.7 Å². The molecule has 0 radical (unpaired) electrons. The molecule has 0 aliphatic heterocycles. The summed E-state index contributed by atoms with van der Waals surface area (Å²) in [4.78, 5) is 52.8. The minimum atomic E-state index is -1.01. The highest BCUT2D eigenvalue weighted by atomic mass is 16.6. The van der Waals surface area contributed by atoms with Gasteiger partial charge in [-0.15, -0.1) is 6.42 Å². The van der Waals surface area contributed by atoms with Crippen molar-refractivity contribution in [1.29, 1.82) is 0 Å². The molecule has 37 heavy (non-hydrogen) atoms. The lowest BCUT2D eigenvalue weighted by molar-refractivity contribution is -0.144. The van der Waals surface area contributed by atoms with Crippen LogP contribution in [0.1, 0.15) is 78.5 Å². The van der Waals surface area contributed by atoms with Crippen molar-refractivity contribution in [2.24, 2.45) is 5.92 Å². The van der Waals surface area contributed by atoms with E-state index in [0.717, 1.165) is 0 Å². The van der Waals surface area contributed by atoms with Gasteiger partial charge < -0.3 is 25.0 Å². The Morgan fingerprint density at radius 2 is 1.70 bits per heavy atom. The summed E-state index contributed by atoms with van der Waals surface area (Å²) in [5, 5.41) is 5.42. The number of nitrogens with one attached hydrogen (secondary N) is 2. The van der Waals surface area contributed by atoms with Crippen LogP contribution in [-0.4, -0.2) is 60.1 Å². The lowest BCUT2D eigenvalue weighted by atomic mass is 9.98. The van der Waals surface area contributed by atoms with Crippen LogP contribution in [0.3, 0.4) is 0 Å². The molecule has 2 atom stereocenters. The van der Waals surface area contributed by atoms with Crippen LogP contribution in [0.15, 0.2) is 24.3 Å². The van der Waals surface area contributed by atoms with Crippen LogP contribution in [0.4, 0.5) is 4.79 Å². The SMILES string of the molecule is C#Cc1ccc(C(C(=O)NCCC(=O)OCC)N(CC)C(=O)C(CC(C)C)NC(=O)OC(C)(C)C)cc1. The first-order chi connectivity index (χ1) is 17.3. The molecule has 0 aliphatic rings. The number of hydrogen-bond acceptors (Lipinski definition) is 6. The summed E-state index contributed by atoms with van der Waals surface area (Å²) in [6.45, 7) is 13.0. The predicted molar refractivity (Wildman–Crippen MR) is 141 cm³/mol. The van der Waals surface area contributed by atoms with Gasteiger partial charge in [0.1, 0.15) is 17.7 Å². The lowest BCUT2D eigenvalue weighted by Crippen LogP contribution is -2.53. The Kier molecular flexibility index (Phi) is 12.7. The molecule has 2 unspecified atom stereocenters. The molecule has 0 saturated carbocycles. The molecule has 1 aromatic carbocycles. The Hall–Kier alpha value is -3.54. The van der Waals surface area contributed by atoms with Gasteiger partial charge in [-0.25, -0.2) is 4.79 Å². The molecule has 0 spiro atoms. The van der Waals surface area contributed by atoms with Crippen LogP contribution >= 0.6 is 0 Å². The van der Waals surface area contributed by atoms with E-state index in [1.54, 1.807) is 58.9 Å². The number of likely N-dealkylation sites (N-methyl/N-ethyl adjacent to an activating group) is 1. The number of rotatable bonds is 12. The van der Waals surface area contributed by atoms with Crippen molar-refractivity contribution in [3.05, 3.63) is 35.4 Å². The van der Waals surface area contributed by atoms with E-state index in [2.05, 4.69) is 16.6 Å². The zero-order valence-electron chi connectivity index (χ0n) is 23.1. The van der Waals surface area contributed by atoms with Crippen LogP contribution in [0.25, 0.3) is 0 Å². The molecule has 0 saturated heterocycles. The van der Waals surface area contributed by atoms with Crippen LogP contribution < -0.4 is 10.6 Å². The molecule has 2 N–H and O–H groups in total. The Labute approximate surface area is 220 Å². The van der Waals surface area contributed by atoms with Gasteiger partial charge in [0.15, 0.2) is 0 Å². The number of alkyl carbamates (subject to hydrolysis) is 1. The fourth-order valence-electron chi connectivity index (χ4n) is 3.66. The number of benzene rings is 1. The quantitative estimate of drug-likeness (QED) is 0.325. The summed E-state index contributed by atoms with van der Waals surface area (Å²) in [7, 11) is 0. The third kappa shape index (κ3) is 10.9. The van der Waals surface area contributed by atoms with Gasteiger partial charge in [0, 0.05) is 18.7 Å². The van der Waals surface area contributed by atoms with Gasteiger partial charge >= 0.3 is 12.1 Å². The second kappa shape index (κ2) is 14.9. The maximum atomic E-state index is 13.8. The lowest BCUT2D eigenvalue weighted by Gasteiger charge is -2.34. The molecule has 0 aromatic heterocycles. The van der Waals surface area contributed by atoms with Gasteiger partial charge in [-0.3, -0.25) is 14.4 Å². The maximum absolute atomic E-state index is 13.8. The zero-order valence-corrected chi connectivity index (χ0v) is 23.1. The fourth-order valence-corrected chi connectivity index (χ4v) is 3.66. The van der Waals surface area contributed by atoms with Crippen molar-refractivity contribution < 1.29 is 28.7 Å². The first-order valence-corrected chi connectivity index (χ1v) is 12.6. The van der Waals surface area contributed by atoms with Crippen molar-refractivity contribution in [3.8, 4) is 12.3 Å². The second-order valence-corrected chi connectivity index (χ2v) is 9.97. The highest BCUT2D eigenvalue weighted by Gasteiger charge is 2.35. The van der Waals surface area contributed by atoms with Crippen molar-refractivity contribution >= 4 is 23.9 Å². The van der Waals surface area contributed by atoms with E-state index in [9.17, 15) is 19.2 Å². The van der Waals surface area contributed by atoms with Crippen molar-refractivity contribution in [2.45, 2.75) is 79.0 Å². The van der Waals surface area contributed by atoms with Crippen LogP contribution in [0.5, 0.6) is 0 Å². The average molecular weight is 516 g/mol. The number of amides is 3. The highest BCUT2D eigenvalue weighted by molar-refractivity contribution is 5.92. The number of ether oxygens (including phenoxy) is 2. The maximum Gasteiger partial charge on any atom is 0.408 e. The Morgan fingerprint density at radius 3 is 2.19 bits per heavy atom. The number of carbonyl (C=O) groups excluding carboxylic acids is 4. The van der Waals surface area contributed by atoms with Crippen LogP contribution in [0, 0.1) is 18.3 Å². The van der Waals surface area contributed by atoms with E-state index >= 15 is 0 Å². The standard InChI is InChI=1S/C28H41N3O6/c1-9-20-12-14-21(15-13-20)24(25(33)29-17-16-23(32)36-11-3)31(10-2)26(34)22(18-19(4)5)30-27(35)37-28(6,7)8/h1,12-15,19,22,24H,10-11,16-18H2,2-8H3,(H,29,33)(H,30,35). The van der Waals surface area contributed by atoms with Gasteiger partial charge in [-0.1, -0.05) is 31.9 Å². The molecule has 9 heteroatoms. The van der Waals surface area contributed by atoms with Crippen LogP contribution in [-0.2, 0) is 23.9 Å². The molecular weight excluding hydrogens is 474 g/mol. The molecule has 204 valence electrons. The van der Waals surface area contributed by atoms with Gasteiger partial charge in [-0.2, -0.15) is 0 Å². The topological polar surface area (TPSA) is 114 Å². The molecule has 0 heterocycles. The summed E-state index contributed by atoms with van der Waals surface area (Å²) in [5.74, 6) is 1.29. The minimum Gasteiger partial charge on any atom is -0.466 e. The zero-order chi connectivity index (χ0) is 28.2. The average Bonchev–Trinajstić information content (AvgIpc) is 2.80. The van der Waals surface area contributed by atoms with Gasteiger partial charge in [0.2, 0.25) is 11.8 Å². The highest BCUT2D eigenvalue weighted by Crippen LogP contribution is 2.24. The number of terminal acetylenes is 1. The molecule has 9 nitrogen and oxygen atoms in total. The summed E-state index contributed by atoms with van der Waals surface area (Å²) in [5.41, 5.74) is 0.437. The first-order valence-electron chi connectivity index (χ1n) is 12.6. The van der Waals surface area contributed by atoms with E-state index in [0.29, 0.717) is 17.5 Å². The number of carbonyl (C=O) groups is 4. The first kappa shape index (κ1) is 31.5. The van der Waals surface area contributed by atoms with E-state index in [4.69, 9.17) is 15.9 Å². The van der Waals surface area contributed by atoms with E-state index in [1.165, 1.54) is 4.90 Å². The second-order valence-electron chi connectivity index (χ2n) is 9.97. The summed E-state index contributed by atoms with van der Waals surface area (Å²) in [6, 6.07) is 4.85. The van der Waals surface area contributed by atoms with Crippen molar-refractivity contribution in [1.82, 2.24) is 15.5 Å². The largest absolute Gasteiger partial charge is 0.466 e. The third-order valence-corrected chi connectivity index (χ3v) is 5.21. The Balaban J connectivity index is 3.30. The van der Waals surface area contributed by atoms with Gasteiger partial charge in [0.25, 0.3) is 0 Å². The molecule has 1 rings (SSSR count). The third-order valence-electron chi connectivity index (χ3n) is 5.21. The Bertz CT molecular complexity index is 960. The molecular formula is C28H41N3O6. The van der Waals surface area contributed by atoms with Gasteiger partial charge in [0.05, 0.1) is 13.0 Å². The smallest absolute Gasteiger partial charge is 0.408 e. The molecule has 3 amide bonds. The van der Waals surface area contributed by atoms with Crippen LogP contribution in [0.2, 0.25) is 0 Å².